The Morgan fingerprint density at radius 3 is 2.21 bits per heavy atom. The van der Waals surface area contributed by atoms with Crippen molar-refractivity contribution in [1.82, 2.24) is 9.80 Å². The third kappa shape index (κ3) is 4.79. The highest BCUT2D eigenvalue weighted by Gasteiger charge is 2.15. The molecular formula is C21H23N3. The Morgan fingerprint density at radius 1 is 0.875 bits per heavy atom. The molecule has 0 aliphatic carbocycles. The number of hydrogen-bond donors (Lipinski definition) is 0. The maximum Gasteiger partial charge on any atom is 0.0991 e. The van der Waals surface area contributed by atoms with E-state index < -0.39 is 0 Å². The quantitative estimate of drug-likeness (QED) is 0.847. The van der Waals surface area contributed by atoms with Crippen LogP contribution in [0.15, 0.2) is 60.7 Å². The fraction of sp³-hybridized carbons (Fsp3) is 0.286. The van der Waals surface area contributed by atoms with E-state index in [-0.39, 0.29) is 0 Å². The summed E-state index contributed by atoms with van der Waals surface area (Å²) >= 11 is 0. The maximum absolute atomic E-state index is 8.85. The van der Waals surface area contributed by atoms with Crippen LogP contribution in [0.25, 0.3) is 6.08 Å². The van der Waals surface area contributed by atoms with Gasteiger partial charge in [0, 0.05) is 39.3 Å². The normalized spacial score (nSPS) is 16.3. The molecule has 1 aliphatic heterocycles. The summed E-state index contributed by atoms with van der Waals surface area (Å²) in [5.41, 5.74) is 3.28. The lowest BCUT2D eigenvalue weighted by Crippen LogP contribution is -2.45. The molecule has 1 fully saturated rings. The first-order valence-corrected chi connectivity index (χ1v) is 8.49. The highest BCUT2D eigenvalue weighted by molar-refractivity contribution is 5.48. The summed E-state index contributed by atoms with van der Waals surface area (Å²) < 4.78 is 0. The van der Waals surface area contributed by atoms with Gasteiger partial charge in [-0.2, -0.15) is 5.26 Å². The van der Waals surface area contributed by atoms with Gasteiger partial charge in [0.1, 0.15) is 0 Å². The van der Waals surface area contributed by atoms with Gasteiger partial charge in [-0.05, 0) is 23.3 Å². The topological polar surface area (TPSA) is 30.3 Å². The second-order valence-corrected chi connectivity index (χ2v) is 6.20. The van der Waals surface area contributed by atoms with Gasteiger partial charge in [0.2, 0.25) is 0 Å². The Balaban J connectivity index is 1.42. The lowest BCUT2D eigenvalue weighted by Gasteiger charge is -2.34. The molecule has 0 atom stereocenters. The van der Waals surface area contributed by atoms with E-state index in [1.807, 2.05) is 18.2 Å². The van der Waals surface area contributed by atoms with E-state index in [4.69, 9.17) is 5.26 Å². The van der Waals surface area contributed by atoms with Crippen LogP contribution in [0.2, 0.25) is 0 Å². The Hall–Kier alpha value is -2.41. The van der Waals surface area contributed by atoms with Gasteiger partial charge < -0.3 is 0 Å². The molecule has 122 valence electrons. The van der Waals surface area contributed by atoms with Crippen molar-refractivity contribution in [3.63, 3.8) is 0 Å². The van der Waals surface area contributed by atoms with Gasteiger partial charge in [-0.1, -0.05) is 54.6 Å². The second kappa shape index (κ2) is 8.44. The van der Waals surface area contributed by atoms with Gasteiger partial charge in [0.05, 0.1) is 11.6 Å². The summed E-state index contributed by atoms with van der Waals surface area (Å²) in [5.74, 6) is 0. The molecule has 0 unspecified atom stereocenters. The van der Waals surface area contributed by atoms with E-state index in [1.165, 1.54) is 11.1 Å². The second-order valence-electron chi connectivity index (χ2n) is 6.20. The van der Waals surface area contributed by atoms with Gasteiger partial charge in [0.25, 0.3) is 0 Å². The smallest absolute Gasteiger partial charge is 0.0991 e. The van der Waals surface area contributed by atoms with Crippen molar-refractivity contribution in [1.29, 1.82) is 5.26 Å². The summed E-state index contributed by atoms with van der Waals surface area (Å²) in [6.07, 6.45) is 4.45. The van der Waals surface area contributed by atoms with Crippen LogP contribution in [0.3, 0.4) is 0 Å². The number of rotatable bonds is 5. The van der Waals surface area contributed by atoms with E-state index in [9.17, 15) is 0 Å². The number of piperazine rings is 1. The van der Waals surface area contributed by atoms with Crippen LogP contribution in [0.5, 0.6) is 0 Å². The minimum absolute atomic E-state index is 0.730. The molecule has 0 amide bonds. The zero-order chi connectivity index (χ0) is 16.6. The average Bonchev–Trinajstić information content (AvgIpc) is 2.65. The van der Waals surface area contributed by atoms with Crippen molar-refractivity contribution in [3.05, 3.63) is 77.4 Å². The molecule has 1 heterocycles. The van der Waals surface area contributed by atoms with E-state index in [2.05, 4.69) is 64.4 Å². The molecule has 3 nitrogen and oxygen atoms in total. The van der Waals surface area contributed by atoms with Gasteiger partial charge >= 0.3 is 0 Å². The molecular weight excluding hydrogens is 294 g/mol. The Labute approximate surface area is 144 Å². The lowest BCUT2D eigenvalue weighted by molar-refractivity contribution is 0.137. The molecule has 0 radical (unpaired) electrons. The molecule has 0 spiro atoms. The SMILES string of the molecule is N#Cc1ccc(CN2CCN(CC=Cc3ccccc3)CC2)cc1. The van der Waals surface area contributed by atoms with E-state index >= 15 is 0 Å². The standard InChI is InChI=1S/C21H23N3/c22-17-20-8-10-21(11-9-20)18-24-15-13-23(14-16-24)12-4-7-19-5-2-1-3-6-19/h1-11H,12-16,18H2. The maximum atomic E-state index is 8.85. The van der Waals surface area contributed by atoms with Gasteiger partial charge in [-0.25, -0.2) is 0 Å². The van der Waals surface area contributed by atoms with Gasteiger partial charge in [-0.3, -0.25) is 9.80 Å². The predicted molar refractivity (Wildman–Crippen MR) is 98.4 cm³/mol. The van der Waals surface area contributed by atoms with Crippen LogP contribution in [-0.2, 0) is 6.54 Å². The molecule has 1 aliphatic rings. The molecule has 3 rings (SSSR count). The summed E-state index contributed by atoms with van der Waals surface area (Å²) in [5, 5.41) is 8.85. The average molecular weight is 317 g/mol. The Morgan fingerprint density at radius 2 is 1.54 bits per heavy atom. The molecule has 24 heavy (non-hydrogen) atoms. The number of hydrogen-bond acceptors (Lipinski definition) is 3. The van der Waals surface area contributed by atoms with Crippen LogP contribution in [0.4, 0.5) is 0 Å². The van der Waals surface area contributed by atoms with Crippen molar-refractivity contribution in [2.24, 2.45) is 0 Å². The van der Waals surface area contributed by atoms with Crippen molar-refractivity contribution in [2.75, 3.05) is 32.7 Å². The lowest BCUT2D eigenvalue weighted by atomic mass is 10.1. The summed E-state index contributed by atoms with van der Waals surface area (Å²) in [6.45, 7) is 6.39. The highest BCUT2D eigenvalue weighted by atomic mass is 15.3. The fourth-order valence-corrected chi connectivity index (χ4v) is 2.97. The Kier molecular flexibility index (Phi) is 5.79. The van der Waals surface area contributed by atoms with Crippen LogP contribution in [0.1, 0.15) is 16.7 Å². The number of benzene rings is 2. The molecule has 0 saturated carbocycles. The first kappa shape index (κ1) is 16.4. The minimum atomic E-state index is 0.730. The molecule has 0 N–H and O–H groups in total. The number of nitriles is 1. The molecule has 3 heteroatoms. The zero-order valence-corrected chi connectivity index (χ0v) is 13.9. The zero-order valence-electron chi connectivity index (χ0n) is 13.9. The van der Waals surface area contributed by atoms with Crippen molar-refractivity contribution in [2.45, 2.75) is 6.54 Å². The van der Waals surface area contributed by atoms with E-state index in [0.717, 1.165) is 44.8 Å². The third-order valence-electron chi connectivity index (χ3n) is 4.43. The van der Waals surface area contributed by atoms with E-state index in [1.54, 1.807) is 0 Å². The molecule has 2 aromatic rings. The first-order chi connectivity index (χ1) is 11.8. The minimum Gasteiger partial charge on any atom is -0.297 e. The fourth-order valence-electron chi connectivity index (χ4n) is 2.97. The largest absolute Gasteiger partial charge is 0.297 e. The molecule has 2 aromatic carbocycles. The highest BCUT2D eigenvalue weighted by Crippen LogP contribution is 2.10. The summed E-state index contributed by atoms with van der Waals surface area (Å²) in [6, 6.07) is 20.5. The molecule has 1 saturated heterocycles. The molecule has 0 bridgehead atoms. The number of nitrogens with zero attached hydrogens (tertiary/aromatic N) is 3. The monoisotopic (exact) mass is 317 g/mol. The van der Waals surface area contributed by atoms with Crippen LogP contribution < -0.4 is 0 Å². The molecule has 0 aromatic heterocycles. The predicted octanol–water partition coefficient (Wildman–Crippen LogP) is 3.39. The first-order valence-electron chi connectivity index (χ1n) is 8.49. The van der Waals surface area contributed by atoms with Crippen molar-refractivity contribution >= 4 is 6.08 Å². The van der Waals surface area contributed by atoms with Crippen LogP contribution in [-0.4, -0.2) is 42.5 Å². The van der Waals surface area contributed by atoms with Gasteiger partial charge in [0.15, 0.2) is 0 Å². The summed E-state index contributed by atoms with van der Waals surface area (Å²) in [7, 11) is 0. The van der Waals surface area contributed by atoms with Crippen LogP contribution in [0, 0.1) is 11.3 Å². The summed E-state index contributed by atoms with van der Waals surface area (Å²) in [4.78, 5) is 4.98. The van der Waals surface area contributed by atoms with Gasteiger partial charge in [-0.15, -0.1) is 0 Å². The van der Waals surface area contributed by atoms with E-state index in [0.29, 0.717) is 0 Å². The van der Waals surface area contributed by atoms with Crippen molar-refractivity contribution < 1.29 is 0 Å². The van der Waals surface area contributed by atoms with Crippen molar-refractivity contribution in [3.8, 4) is 6.07 Å². The Bertz CT molecular complexity index is 690. The van der Waals surface area contributed by atoms with Crippen LogP contribution >= 0.6 is 0 Å². The third-order valence-corrected chi connectivity index (χ3v) is 4.43.